The summed E-state index contributed by atoms with van der Waals surface area (Å²) < 4.78 is 1.55. The molecule has 5 nitrogen and oxygen atoms in total. The van der Waals surface area contributed by atoms with Crippen LogP contribution in [0.4, 0.5) is 0 Å². The number of halogens is 2. The fraction of sp³-hybridized carbons (Fsp3) is 0.0833. The maximum Gasteiger partial charge on any atom is 0.313 e. The molecule has 0 saturated heterocycles. The van der Waals surface area contributed by atoms with Gasteiger partial charge in [0.15, 0.2) is 5.16 Å². The van der Waals surface area contributed by atoms with Crippen molar-refractivity contribution in [3.8, 4) is 5.69 Å². The van der Waals surface area contributed by atoms with Gasteiger partial charge in [-0.05, 0) is 18.2 Å². The monoisotopic (exact) mass is 330 g/mol. The fourth-order valence-corrected chi connectivity index (χ4v) is 2.68. The van der Waals surface area contributed by atoms with E-state index in [9.17, 15) is 9.59 Å². The molecule has 0 bridgehead atoms. The van der Waals surface area contributed by atoms with E-state index in [1.54, 1.807) is 22.8 Å². The molecule has 0 unspecified atom stereocenters. The van der Waals surface area contributed by atoms with Crippen LogP contribution in [0.5, 0.6) is 0 Å². The van der Waals surface area contributed by atoms with Crippen LogP contribution in [0.15, 0.2) is 40.4 Å². The van der Waals surface area contributed by atoms with Gasteiger partial charge in [-0.15, -0.1) is 0 Å². The van der Waals surface area contributed by atoms with Gasteiger partial charge < -0.3 is 5.11 Å². The molecular formula is C12H8Cl2N2O3S. The molecule has 2 aromatic rings. The summed E-state index contributed by atoms with van der Waals surface area (Å²) in [6.07, 6.45) is 1.49. The zero-order chi connectivity index (χ0) is 14.7. The minimum absolute atomic E-state index is 0.207. The molecular weight excluding hydrogens is 323 g/mol. The van der Waals surface area contributed by atoms with Gasteiger partial charge in [-0.25, -0.2) is 0 Å². The van der Waals surface area contributed by atoms with Crippen molar-refractivity contribution in [2.24, 2.45) is 0 Å². The summed E-state index contributed by atoms with van der Waals surface area (Å²) in [4.78, 5) is 25.8. The number of aliphatic carboxylic acids is 1. The van der Waals surface area contributed by atoms with Crippen LogP contribution in [-0.2, 0) is 4.79 Å². The van der Waals surface area contributed by atoms with Gasteiger partial charge in [-0.1, -0.05) is 35.0 Å². The first kappa shape index (κ1) is 14.9. The lowest BCUT2D eigenvalue weighted by Gasteiger charge is -2.12. The summed E-state index contributed by atoms with van der Waals surface area (Å²) in [6, 6.07) is 6.14. The van der Waals surface area contributed by atoms with Crippen molar-refractivity contribution >= 4 is 40.9 Å². The van der Waals surface area contributed by atoms with E-state index in [-0.39, 0.29) is 10.9 Å². The molecule has 0 aliphatic heterocycles. The van der Waals surface area contributed by atoms with Crippen molar-refractivity contribution in [2.45, 2.75) is 5.16 Å². The van der Waals surface area contributed by atoms with Crippen LogP contribution in [0.25, 0.3) is 5.69 Å². The van der Waals surface area contributed by atoms with E-state index < -0.39 is 11.5 Å². The summed E-state index contributed by atoms with van der Waals surface area (Å²) >= 11 is 12.9. The molecule has 0 spiro atoms. The standard InChI is InChI=1S/C12H8Cl2N2O3S/c13-7-1-2-9(8(14)5-7)16-4-3-10(17)15-12(16)20-6-11(18)19/h1-5H,6H2,(H,18,19). The Balaban J connectivity index is 2.49. The van der Waals surface area contributed by atoms with Crippen LogP contribution in [0.3, 0.4) is 0 Å². The lowest BCUT2D eigenvalue weighted by atomic mass is 10.3. The van der Waals surface area contributed by atoms with Crippen LogP contribution >= 0.6 is 35.0 Å². The first-order chi connectivity index (χ1) is 9.47. The van der Waals surface area contributed by atoms with Gasteiger partial charge in [0, 0.05) is 17.3 Å². The molecule has 2 rings (SSSR count). The van der Waals surface area contributed by atoms with Crippen LogP contribution in [0.1, 0.15) is 0 Å². The van der Waals surface area contributed by atoms with Crippen LogP contribution in [-0.4, -0.2) is 26.4 Å². The number of aromatic nitrogens is 2. The Morgan fingerprint density at radius 1 is 1.35 bits per heavy atom. The number of hydrogen-bond donors (Lipinski definition) is 1. The lowest BCUT2D eigenvalue weighted by Crippen LogP contribution is -2.13. The van der Waals surface area contributed by atoms with Gasteiger partial charge in [0.25, 0.3) is 5.56 Å². The molecule has 20 heavy (non-hydrogen) atoms. The fourth-order valence-electron chi connectivity index (χ4n) is 1.48. The van der Waals surface area contributed by atoms with Crippen molar-refractivity contribution in [3.63, 3.8) is 0 Å². The third-order valence-electron chi connectivity index (χ3n) is 2.27. The normalized spacial score (nSPS) is 10.5. The molecule has 0 amide bonds. The van der Waals surface area contributed by atoms with Crippen molar-refractivity contribution in [1.82, 2.24) is 9.55 Å². The Morgan fingerprint density at radius 2 is 2.10 bits per heavy atom. The first-order valence-electron chi connectivity index (χ1n) is 5.37. The zero-order valence-corrected chi connectivity index (χ0v) is 12.2. The molecule has 0 atom stereocenters. The van der Waals surface area contributed by atoms with E-state index in [2.05, 4.69) is 4.98 Å². The average Bonchev–Trinajstić information content (AvgIpc) is 2.37. The lowest BCUT2D eigenvalue weighted by molar-refractivity contribution is -0.133. The highest BCUT2D eigenvalue weighted by Gasteiger charge is 2.11. The number of benzene rings is 1. The number of carboxylic acids is 1. The number of rotatable bonds is 4. The van der Waals surface area contributed by atoms with Crippen molar-refractivity contribution in [3.05, 3.63) is 50.9 Å². The Bertz CT molecular complexity index is 718. The number of hydrogen-bond acceptors (Lipinski definition) is 4. The van der Waals surface area contributed by atoms with E-state index in [0.717, 1.165) is 11.8 Å². The molecule has 1 aromatic heterocycles. The molecule has 1 heterocycles. The van der Waals surface area contributed by atoms with E-state index in [1.807, 2.05) is 0 Å². The Kier molecular flexibility index (Phi) is 4.69. The Hall–Kier alpha value is -1.50. The minimum atomic E-state index is -0.998. The third-order valence-corrected chi connectivity index (χ3v) is 3.75. The highest BCUT2D eigenvalue weighted by molar-refractivity contribution is 7.99. The van der Waals surface area contributed by atoms with Gasteiger partial charge in [-0.3, -0.25) is 14.2 Å². The van der Waals surface area contributed by atoms with Crippen LogP contribution < -0.4 is 5.56 Å². The molecule has 0 aliphatic rings. The second-order valence-electron chi connectivity index (χ2n) is 3.70. The summed E-state index contributed by atoms with van der Waals surface area (Å²) in [5.41, 5.74) is 0.121. The number of carboxylic acid groups (broad SMARTS) is 1. The predicted molar refractivity (Wildman–Crippen MR) is 78.2 cm³/mol. The second kappa shape index (κ2) is 6.30. The number of nitrogens with zero attached hydrogens (tertiary/aromatic N) is 2. The third kappa shape index (κ3) is 3.53. The van der Waals surface area contributed by atoms with Gasteiger partial charge in [0.2, 0.25) is 0 Å². The van der Waals surface area contributed by atoms with E-state index >= 15 is 0 Å². The maximum absolute atomic E-state index is 11.3. The molecule has 8 heteroatoms. The van der Waals surface area contributed by atoms with E-state index in [1.165, 1.54) is 12.3 Å². The quantitative estimate of drug-likeness (QED) is 0.689. The van der Waals surface area contributed by atoms with Crippen LogP contribution in [0.2, 0.25) is 10.0 Å². The number of thioether (sulfide) groups is 1. The first-order valence-corrected chi connectivity index (χ1v) is 7.11. The van der Waals surface area contributed by atoms with Crippen molar-refractivity contribution in [1.29, 1.82) is 0 Å². The summed E-state index contributed by atoms with van der Waals surface area (Å²) in [7, 11) is 0. The molecule has 0 radical (unpaired) electrons. The highest BCUT2D eigenvalue weighted by Crippen LogP contribution is 2.27. The van der Waals surface area contributed by atoms with E-state index in [4.69, 9.17) is 28.3 Å². The summed E-state index contributed by atoms with van der Waals surface area (Å²) in [5.74, 6) is -1.20. The summed E-state index contributed by atoms with van der Waals surface area (Å²) in [5, 5.41) is 9.83. The van der Waals surface area contributed by atoms with Gasteiger partial charge in [0.05, 0.1) is 16.5 Å². The summed E-state index contributed by atoms with van der Waals surface area (Å²) in [6.45, 7) is 0. The van der Waals surface area contributed by atoms with Crippen molar-refractivity contribution < 1.29 is 9.90 Å². The molecule has 0 aliphatic carbocycles. The second-order valence-corrected chi connectivity index (χ2v) is 5.48. The van der Waals surface area contributed by atoms with Gasteiger partial charge >= 0.3 is 5.97 Å². The average molecular weight is 331 g/mol. The highest BCUT2D eigenvalue weighted by atomic mass is 35.5. The number of carbonyl (C=O) groups is 1. The predicted octanol–water partition coefficient (Wildman–Crippen LogP) is 2.72. The largest absolute Gasteiger partial charge is 0.481 e. The SMILES string of the molecule is O=C(O)CSc1nc(=O)ccn1-c1ccc(Cl)cc1Cl. The van der Waals surface area contributed by atoms with Crippen LogP contribution in [0, 0.1) is 0 Å². The topological polar surface area (TPSA) is 72.2 Å². The minimum Gasteiger partial charge on any atom is -0.481 e. The molecule has 104 valence electrons. The molecule has 0 fully saturated rings. The Labute approximate surface area is 128 Å². The smallest absolute Gasteiger partial charge is 0.313 e. The van der Waals surface area contributed by atoms with E-state index in [0.29, 0.717) is 15.7 Å². The van der Waals surface area contributed by atoms with Crippen molar-refractivity contribution in [2.75, 3.05) is 5.75 Å². The molecule has 1 N–H and O–H groups in total. The van der Waals surface area contributed by atoms with Gasteiger partial charge in [0.1, 0.15) is 0 Å². The maximum atomic E-state index is 11.3. The van der Waals surface area contributed by atoms with Gasteiger partial charge in [-0.2, -0.15) is 4.98 Å². The molecule has 0 saturated carbocycles. The Morgan fingerprint density at radius 3 is 2.75 bits per heavy atom. The zero-order valence-electron chi connectivity index (χ0n) is 9.92. The molecule has 1 aromatic carbocycles.